The van der Waals surface area contributed by atoms with E-state index in [0.717, 1.165) is 0 Å². The molecule has 0 radical (unpaired) electrons. The number of halogens is 1. The third-order valence-corrected chi connectivity index (χ3v) is 1.17. The molecule has 1 unspecified atom stereocenters. The third-order valence-electron chi connectivity index (χ3n) is 0.820. The first kappa shape index (κ1) is 13.0. The normalized spacial score (nSPS) is 14.6. The molecule has 0 amide bonds. The molecule has 0 heterocycles. The number of hydrogen-bond donors (Lipinski definition) is 0. The van der Waals surface area contributed by atoms with E-state index in [0.29, 0.717) is 0 Å². The van der Waals surface area contributed by atoms with E-state index < -0.39 is 5.06 Å². The van der Waals surface area contributed by atoms with Crippen LogP contribution < -0.4 is 0 Å². The zero-order chi connectivity index (χ0) is 7.33. The summed E-state index contributed by atoms with van der Waals surface area (Å²) in [6, 6.07) is 1.75. The maximum absolute atomic E-state index is 8.33. The van der Waals surface area contributed by atoms with Crippen molar-refractivity contribution in [2.45, 2.75) is 5.06 Å². The summed E-state index contributed by atoms with van der Waals surface area (Å²) in [4.78, 5) is 0. The molecule has 1 atom stereocenters. The van der Waals surface area contributed by atoms with Gasteiger partial charge in [0.2, 0.25) is 0 Å². The molecule has 0 saturated heterocycles. The predicted molar refractivity (Wildman–Crippen MR) is 33.1 cm³/mol. The van der Waals surface area contributed by atoms with Crippen molar-refractivity contribution in [2.75, 3.05) is 20.8 Å². The molecule has 0 bridgehead atoms. The molecule has 0 N–H and O–H groups in total. The zero-order valence-electron chi connectivity index (χ0n) is 6.06. The van der Waals surface area contributed by atoms with Gasteiger partial charge in [-0.25, -0.2) is 0 Å². The van der Waals surface area contributed by atoms with Gasteiger partial charge in [-0.3, -0.25) is 0 Å². The second-order valence-corrected chi connectivity index (χ2v) is 2.09. The molecule has 0 aliphatic carbocycles. The summed E-state index contributed by atoms with van der Waals surface area (Å²) < 4.78 is 9.22. The second kappa shape index (κ2) is 6.06. The van der Waals surface area contributed by atoms with Crippen LogP contribution in [0.1, 0.15) is 0 Å². The summed E-state index contributed by atoms with van der Waals surface area (Å²) in [6.07, 6.45) is 0. The van der Waals surface area contributed by atoms with Crippen molar-refractivity contribution in [1.29, 1.82) is 5.26 Å². The van der Waals surface area contributed by atoms with Crippen LogP contribution in [0.4, 0.5) is 0 Å². The Morgan fingerprint density at radius 1 is 1.60 bits per heavy atom. The van der Waals surface area contributed by atoms with Gasteiger partial charge in [-0.1, -0.05) is 11.6 Å². The number of alkyl halides is 1. The number of hydrogen-bond acceptors (Lipinski definition) is 3. The van der Waals surface area contributed by atoms with Crippen LogP contribution >= 0.6 is 11.6 Å². The van der Waals surface area contributed by atoms with Crippen molar-refractivity contribution in [3.05, 3.63) is 0 Å². The van der Waals surface area contributed by atoms with E-state index in [2.05, 4.69) is 9.47 Å². The van der Waals surface area contributed by atoms with Gasteiger partial charge in [0, 0.05) is 33.7 Å². The Morgan fingerprint density at radius 3 is 2.20 bits per heavy atom. The average Bonchev–Trinajstić information content (AvgIpc) is 1.89. The fourth-order valence-electron chi connectivity index (χ4n) is 0.322. The molecule has 0 aromatic rings. The van der Waals surface area contributed by atoms with Gasteiger partial charge in [-0.2, -0.15) is 5.26 Å². The molecule has 3 nitrogen and oxygen atoms in total. The van der Waals surface area contributed by atoms with Crippen molar-refractivity contribution in [3.8, 4) is 6.07 Å². The van der Waals surface area contributed by atoms with E-state index in [9.17, 15) is 0 Å². The molecule has 0 fully saturated rings. The number of nitriles is 1. The number of nitrogens with zero attached hydrogens (tertiary/aromatic N) is 1. The van der Waals surface area contributed by atoms with Crippen molar-refractivity contribution in [3.63, 3.8) is 0 Å². The summed E-state index contributed by atoms with van der Waals surface area (Å²) in [5, 5.41) is 7.02. The van der Waals surface area contributed by atoms with Gasteiger partial charge in [-0.05, 0) is 0 Å². The smallest absolute Gasteiger partial charge is 0.252 e. The fourth-order valence-corrected chi connectivity index (χ4v) is 0.432. The summed E-state index contributed by atoms with van der Waals surface area (Å²) in [5.41, 5.74) is 0. The Bertz CT molecular complexity index is 127. The number of ether oxygens (including phenoxy) is 2. The molecule has 0 rings (SSSR count). The average molecular weight is 215 g/mol. The third kappa shape index (κ3) is 4.19. The second-order valence-electron chi connectivity index (χ2n) is 1.48. The van der Waals surface area contributed by atoms with E-state index in [-0.39, 0.29) is 26.1 Å². The Hall–Kier alpha value is 0.323. The summed E-state index contributed by atoms with van der Waals surface area (Å²) in [5.74, 6) is 0. The van der Waals surface area contributed by atoms with Crippen LogP contribution in [0.15, 0.2) is 0 Å². The van der Waals surface area contributed by atoms with E-state index in [1.807, 2.05) is 0 Å². The quantitative estimate of drug-likeness (QED) is 0.514. The van der Waals surface area contributed by atoms with Crippen LogP contribution in [-0.2, 0) is 29.0 Å². The maximum atomic E-state index is 8.33. The van der Waals surface area contributed by atoms with Crippen LogP contribution in [0.5, 0.6) is 0 Å². The molecule has 10 heavy (non-hydrogen) atoms. The Labute approximate surface area is 78.0 Å². The molecule has 0 aromatic carbocycles. The van der Waals surface area contributed by atoms with Crippen LogP contribution in [0, 0.1) is 11.3 Å². The van der Waals surface area contributed by atoms with Crippen molar-refractivity contribution in [2.24, 2.45) is 0 Å². The summed E-state index contributed by atoms with van der Waals surface area (Å²) in [6.45, 7) is 0.0710. The Balaban J connectivity index is 0. The van der Waals surface area contributed by atoms with Crippen LogP contribution in [0.25, 0.3) is 0 Å². The van der Waals surface area contributed by atoms with Crippen molar-refractivity contribution >= 4 is 11.6 Å². The maximum Gasteiger partial charge on any atom is 0.252 e. The molecular weight excluding hydrogens is 207 g/mol. The fraction of sp³-hybridized carbons (Fsp3) is 0.800. The number of methoxy groups -OCH3 is 2. The predicted octanol–water partition coefficient (Wildman–Crippen LogP) is 0.735. The molecule has 0 aliphatic rings. The van der Waals surface area contributed by atoms with Crippen LogP contribution in [0.3, 0.4) is 0 Å². The minimum absolute atomic E-state index is 0. The van der Waals surface area contributed by atoms with E-state index in [1.54, 1.807) is 6.07 Å². The molecule has 0 aliphatic heterocycles. The Kier molecular flexibility index (Phi) is 7.85. The number of rotatable bonds is 3. The van der Waals surface area contributed by atoms with Gasteiger partial charge >= 0.3 is 0 Å². The minimum Gasteiger partial charge on any atom is -0.379 e. The van der Waals surface area contributed by atoms with Gasteiger partial charge in [0.1, 0.15) is 12.7 Å². The SMILES string of the molecule is COCC(Cl)(C#N)OC.[Zn]. The summed E-state index contributed by atoms with van der Waals surface area (Å²) >= 11 is 5.50. The molecule has 0 aromatic heterocycles. The van der Waals surface area contributed by atoms with Gasteiger partial charge < -0.3 is 9.47 Å². The van der Waals surface area contributed by atoms with E-state index >= 15 is 0 Å². The minimum atomic E-state index is -1.31. The Morgan fingerprint density at radius 2 is 2.10 bits per heavy atom. The van der Waals surface area contributed by atoms with Crippen LogP contribution in [-0.4, -0.2) is 25.9 Å². The first-order valence-electron chi connectivity index (χ1n) is 2.33. The standard InChI is InChI=1S/C5H8ClNO2.Zn/c1-8-4-5(6,3-7)9-2;/h4H2,1-2H3;. The van der Waals surface area contributed by atoms with Gasteiger partial charge in [0.15, 0.2) is 0 Å². The van der Waals surface area contributed by atoms with Crippen LogP contribution in [0.2, 0.25) is 0 Å². The molecule has 54 valence electrons. The molecule has 0 spiro atoms. The van der Waals surface area contributed by atoms with Crippen molar-refractivity contribution in [1.82, 2.24) is 0 Å². The zero-order valence-corrected chi connectivity index (χ0v) is 9.78. The molecule has 0 saturated carbocycles. The van der Waals surface area contributed by atoms with Gasteiger partial charge in [-0.15, -0.1) is 0 Å². The molecular formula is C5H8ClNO2Zn. The van der Waals surface area contributed by atoms with E-state index in [1.165, 1.54) is 14.2 Å². The topological polar surface area (TPSA) is 42.2 Å². The molecule has 5 heteroatoms. The summed E-state index contributed by atoms with van der Waals surface area (Å²) in [7, 11) is 2.81. The van der Waals surface area contributed by atoms with Gasteiger partial charge in [0.05, 0.1) is 0 Å². The first-order valence-corrected chi connectivity index (χ1v) is 2.70. The van der Waals surface area contributed by atoms with Crippen molar-refractivity contribution < 1.29 is 29.0 Å². The van der Waals surface area contributed by atoms with E-state index in [4.69, 9.17) is 16.9 Å². The van der Waals surface area contributed by atoms with Gasteiger partial charge in [0.25, 0.3) is 5.06 Å². The largest absolute Gasteiger partial charge is 0.379 e. The monoisotopic (exact) mass is 213 g/mol. The first-order chi connectivity index (χ1) is 4.18.